The minimum Gasteiger partial charge on any atom is -0.344 e. The molecule has 1 saturated heterocycles. The van der Waals surface area contributed by atoms with Crippen molar-refractivity contribution < 1.29 is 14.4 Å². The molecule has 0 aromatic heterocycles. The van der Waals surface area contributed by atoms with Gasteiger partial charge in [-0.15, -0.1) is 0 Å². The lowest BCUT2D eigenvalue weighted by atomic mass is 9.80. The van der Waals surface area contributed by atoms with E-state index in [1.165, 1.54) is 24.8 Å². The summed E-state index contributed by atoms with van der Waals surface area (Å²) < 4.78 is 0. The Hall–Kier alpha value is -3.19. The van der Waals surface area contributed by atoms with Crippen LogP contribution < -0.4 is 16.0 Å². The number of anilines is 1. The van der Waals surface area contributed by atoms with E-state index in [0.717, 1.165) is 37.1 Å². The number of nitrogens with one attached hydrogen (secondary N) is 3. The van der Waals surface area contributed by atoms with Gasteiger partial charge in [0.1, 0.15) is 6.04 Å². The summed E-state index contributed by atoms with van der Waals surface area (Å²) in [7, 11) is 0. The number of amides is 3. The summed E-state index contributed by atoms with van der Waals surface area (Å²) in [6.07, 6.45) is 7.55. The number of piperazine rings is 1. The fourth-order valence-electron chi connectivity index (χ4n) is 5.84. The maximum atomic E-state index is 13.6. The van der Waals surface area contributed by atoms with E-state index in [0.29, 0.717) is 31.8 Å². The van der Waals surface area contributed by atoms with E-state index in [1.807, 2.05) is 54.3 Å². The van der Waals surface area contributed by atoms with Crippen LogP contribution in [0.15, 0.2) is 54.6 Å². The highest BCUT2D eigenvalue weighted by molar-refractivity contribution is 5.92. The van der Waals surface area contributed by atoms with Crippen molar-refractivity contribution in [2.75, 3.05) is 25.0 Å². The van der Waals surface area contributed by atoms with Gasteiger partial charge in [-0.2, -0.15) is 0 Å². The predicted molar refractivity (Wildman–Crippen MR) is 155 cm³/mol. The van der Waals surface area contributed by atoms with Crippen molar-refractivity contribution in [2.24, 2.45) is 11.8 Å². The van der Waals surface area contributed by atoms with E-state index in [2.05, 4.69) is 28.1 Å². The number of rotatable bonds is 10. The largest absolute Gasteiger partial charge is 0.344 e. The molecule has 1 aliphatic heterocycles. The van der Waals surface area contributed by atoms with Crippen LogP contribution in [-0.2, 0) is 27.2 Å². The van der Waals surface area contributed by atoms with E-state index in [4.69, 9.17) is 0 Å². The number of hydrogen-bond acceptors (Lipinski definition) is 4. The first-order chi connectivity index (χ1) is 18.9. The zero-order chi connectivity index (χ0) is 27.6. The second kappa shape index (κ2) is 14.3. The Morgan fingerprint density at radius 3 is 2.38 bits per heavy atom. The highest BCUT2D eigenvalue weighted by atomic mass is 16.2. The molecule has 2 unspecified atom stereocenters. The number of carbonyl (C=O) groups is 3. The number of carbonyl (C=O) groups excluding carboxylic acids is 3. The molecule has 3 N–H and O–H groups in total. The molecule has 1 saturated carbocycles. The first kappa shape index (κ1) is 28.8. The predicted octanol–water partition coefficient (Wildman–Crippen LogP) is 4.32. The molecule has 1 aliphatic carbocycles. The zero-order valence-corrected chi connectivity index (χ0v) is 23.5. The van der Waals surface area contributed by atoms with Crippen molar-refractivity contribution in [1.29, 1.82) is 0 Å². The molecule has 2 aliphatic rings. The summed E-state index contributed by atoms with van der Waals surface area (Å²) in [5.74, 6) is 0.354. The summed E-state index contributed by atoms with van der Waals surface area (Å²) in [5.41, 5.74) is 2.94. The lowest BCUT2D eigenvalue weighted by Gasteiger charge is -2.36. The molecule has 0 spiro atoms. The Balaban J connectivity index is 1.36. The molecule has 2 aromatic rings. The highest BCUT2D eigenvalue weighted by Crippen LogP contribution is 2.30. The van der Waals surface area contributed by atoms with Gasteiger partial charge in [-0.05, 0) is 48.4 Å². The molecule has 39 heavy (non-hydrogen) atoms. The molecule has 2 aromatic carbocycles. The van der Waals surface area contributed by atoms with Gasteiger partial charge in [-0.25, -0.2) is 0 Å². The minimum absolute atomic E-state index is 0.000911. The van der Waals surface area contributed by atoms with Gasteiger partial charge in [0.15, 0.2) is 0 Å². The van der Waals surface area contributed by atoms with Crippen LogP contribution in [0.25, 0.3) is 0 Å². The van der Waals surface area contributed by atoms with Gasteiger partial charge in [0.05, 0.1) is 0 Å². The van der Waals surface area contributed by atoms with Crippen LogP contribution in [0.4, 0.5) is 5.69 Å². The molecule has 2 fully saturated rings. The third-order valence-electron chi connectivity index (χ3n) is 8.28. The van der Waals surface area contributed by atoms with Crippen LogP contribution in [0.1, 0.15) is 63.5 Å². The monoisotopic (exact) mass is 532 g/mol. The fraction of sp³-hybridized carbons (Fsp3) is 0.531. The van der Waals surface area contributed by atoms with Gasteiger partial charge in [0.2, 0.25) is 17.7 Å². The fourth-order valence-corrected chi connectivity index (χ4v) is 5.84. The molecular weight excluding hydrogens is 488 g/mol. The van der Waals surface area contributed by atoms with Crippen molar-refractivity contribution in [2.45, 2.75) is 77.3 Å². The number of benzene rings is 2. The van der Waals surface area contributed by atoms with Crippen LogP contribution in [0, 0.1) is 11.8 Å². The molecule has 210 valence electrons. The van der Waals surface area contributed by atoms with Crippen LogP contribution in [-0.4, -0.2) is 54.3 Å². The highest BCUT2D eigenvalue weighted by Gasteiger charge is 2.30. The lowest BCUT2D eigenvalue weighted by molar-refractivity contribution is -0.137. The molecule has 0 radical (unpaired) electrons. The third-order valence-corrected chi connectivity index (χ3v) is 8.28. The smallest absolute Gasteiger partial charge is 0.245 e. The van der Waals surface area contributed by atoms with Crippen LogP contribution in [0.3, 0.4) is 0 Å². The first-order valence-corrected chi connectivity index (χ1v) is 14.7. The number of hydrogen-bond donors (Lipinski definition) is 3. The van der Waals surface area contributed by atoms with Gasteiger partial charge >= 0.3 is 0 Å². The van der Waals surface area contributed by atoms with Crippen LogP contribution in [0.2, 0.25) is 0 Å². The normalized spacial score (nSPS) is 19.6. The molecule has 0 bridgehead atoms. The minimum atomic E-state index is -0.625. The van der Waals surface area contributed by atoms with Gasteiger partial charge in [0, 0.05) is 50.1 Å². The van der Waals surface area contributed by atoms with Crippen molar-refractivity contribution in [3.8, 4) is 0 Å². The van der Waals surface area contributed by atoms with Gasteiger partial charge < -0.3 is 20.9 Å². The topological polar surface area (TPSA) is 90.5 Å². The molecule has 3 amide bonds. The van der Waals surface area contributed by atoms with E-state index in [1.54, 1.807) is 6.92 Å². The van der Waals surface area contributed by atoms with E-state index in [9.17, 15) is 14.4 Å². The summed E-state index contributed by atoms with van der Waals surface area (Å²) in [4.78, 5) is 40.7. The Kier molecular flexibility index (Phi) is 10.5. The van der Waals surface area contributed by atoms with E-state index >= 15 is 0 Å². The van der Waals surface area contributed by atoms with Crippen molar-refractivity contribution in [3.63, 3.8) is 0 Å². The van der Waals surface area contributed by atoms with Crippen molar-refractivity contribution >= 4 is 23.4 Å². The summed E-state index contributed by atoms with van der Waals surface area (Å²) in [5, 5.41) is 9.55. The zero-order valence-electron chi connectivity index (χ0n) is 23.5. The Morgan fingerprint density at radius 2 is 1.69 bits per heavy atom. The second-order valence-corrected chi connectivity index (χ2v) is 11.2. The van der Waals surface area contributed by atoms with Gasteiger partial charge in [-0.1, -0.05) is 75.6 Å². The second-order valence-electron chi connectivity index (χ2n) is 11.2. The lowest BCUT2D eigenvalue weighted by Crippen LogP contribution is -2.58. The van der Waals surface area contributed by atoms with E-state index in [-0.39, 0.29) is 29.7 Å². The van der Waals surface area contributed by atoms with Gasteiger partial charge in [0.25, 0.3) is 0 Å². The summed E-state index contributed by atoms with van der Waals surface area (Å²) >= 11 is 0. The van der Waals surface area contributed by atoms with Crippen LogP contribution in [0.5, 0.6) is 0 Å². The van der Waals surface area contributed by atoms with Crippen LogP contribution >= 0.6 is 0 Å². The molecule has 7 heteroatoms. The molecule has 3 atom stereocenters. The van der Waals surface area contributed by atoms with Crippen molar-refractivity contribution in [1.82, 2.24) is 15.5 Å². The molecular formula is C32H44N4O3. The Labute approximate surface area is 233 Å². The Morgan fingerprint density at radius 1 is 0.974 bits per heavy atom. The quantitative estimate of drug-likeness (QED) is 0.425. The maximum absolute atomic E-state index is 13.6. The average Bonchev–Trinajstić information content (AvgIpc) is 2.98. The standard InChI is InChI=1S/C32H44N4O3/c1-3-30(37)35-29(32(39)36-19-18-33-28(22-36)20-24-10-6-4-7-11-24)21-25-14-16-27(17-15-25)34-31(38)23(2)26-12-8-5-9-13-26/h4,6-7,10-11,14-17,23,26,28-29,33H,3,5,8-9,12-13,18-22H2,1-2H3,(H,34,38)(H,35,37)/t23-,28?,29?/m0/s1. The summed E-state index contributed by atoms with van der Waals surface area (Å²) in [6.45, 7) is 5.78. The van der Waals surface area contributed by atoms with Crippen molar-refractivity contribution in [3.05, 3.63) is 65.7 Å². The molecule has 7 nitrogen and oxygen atoms in total. The van der Waals surface area contributed by atoms with E-state index < -0.39 is 6.04 Å². The Bertz CT molecular complexity index is 1080. The summed E-state index contributed by atoms with van der Waals surface area (Å²) in [6, 6.07) is 17.5. The first-order valence-electron chi connectivity index (χ1n) is 14.7. The average molecular weight is 533 g/mol. The van der Waals surface area contributed by atoms with Gasteiger partial charge in [-0.3, -0.25) is 14.4 Å². The maximum Gasteiger partial charge on any atom is 0.245 e. The number of nitrogens with zero attached hydrogens (tertiary/aromatic N) is 1. The SMILES string of the molecule is CCC(=O)NC(Cc1ccc(NC(=O)[C@@H](C)C2CCCCC2)cc1)C(=O)N1CCNC(Cc2ccccc2)C1. The molecule has 1 heterocycles. The third kappa shape index (κ3) is 8.40. The molecule has 4 rings (SSSR count).